The maximum atomic E-state index is 14.5. The molecule has 0 fully saturated rings. The Bertz CT molecular complexity index is 2450. The zero-order valence-corrected chi connectivity index (χ0v) is 22.3. The summed E-state index contributed by atoms with van der Waals surface area (Å²) in [4.78, 5) is 38.8. The van der Waals surface area contributed by atoms with Crippen molar-refractivity contribution in [1.82, 2.24) is 18.9 Å². The Balaban J connectivity index is 1.65. The highest BCUT2D eigenvalue weighted by atomic mass is 16.1. The third-order valence-corrected chi connectivity index (χ3v) is 7.76. The number of hydrogen-bond donors (Lipinski definition) is 0. The largest absolute Gasteiger partial charge is 0.268 e. The second kappa shape index (κ2) is 9.35. The molecule has 0 atom stereocenters. The fourth-order valence-electron chi connectivity index (χ4n) is 5.89. The molecule has 0 aliphatic carbocycles. The highest BCUT2D eigenvalue weighted by Crippen LogP contribution is 2.34. The summed E-state index contributed by atoms with van der Waals surface area (Å²) in [5, 5.41) is 2.59. The molecule has 3 heterocycles. The van der Waals surface area contributed by atoms with Gasteiger partial charge in [-0.2, -0.15) is 0 Å². The van der Waals surface area contributed by atoms with Gasteiger partial charge in [0.1, 0.15) is 5.65 Å². The van der Waals surface area contributed by atoms with Crippen LogP contribution in [0.1, 0.15) is 0 Å². The van der Waals surface area contributed by atoms with Gasteiger partial charge < -0.3 is 0 Å². The van der Waals surface area contributed by atoms with Crippen molar-refractivity contribution < 1.29 is 0 Å². The van der Waals surface area contributed by atoms with Crippen LogP contribution in [0, 0.1) is 0 Å². The van der Waals surface area contributed by atoms with Gasteiger partial charge >= 0.3 is 0 Å². The molecule has 8 rings (SSSR count). The van der Waals surface area contributed by atoms with Crippen molar-refractivity contribution >= 4 is 38.2 Å². The van der Waals surface area contributed by atoms with Crippen molar-refractivity contribution in [3.8, 4) is 28.3 Å². The number of benzene rings is 5. The first kappa shape index (κ1) is 24.0. The van der Waals surface area contributed by atoms with Gasteiger partial charge in [-0.05, 0) is 35.2 Å². The van der Waals surface area contributed by atoms with Gasteiger partial charge in [-0.25, -0.2) is 14.5 Å². The Morgan fingerprint density at radius 2 is 1.05 bits per heavy atom. The summed E-state index contributed by atoms with van der Waals surface area (Å²) < 4.78 is 3.15. The van der Waals surface area contributed by atoms with Crippen molar-refractivity contribution in [2.45, 2.75) is 0 Å². The first-order valence-corrected chi connectivity index (χ1v) is 13.7. The molecule has 0 saturated heterocycles. The van der Waals surface area contributed by atoms with E-state index in [1.807, 2.05) is 121 Å². The Labute approximate surface area is 239 Å². The van der Waals surface area contributed by atoms with E-state index in [2.05, 4.69) is 0 Å². The van der Waals surface area contributed by atoms with Crippen LogP contribution in [0.3, 0.4) is 0 Å². The molecule has 0 N–H and O–H groups in total. The predicted molar refractivity (Wildman–Crippen MR) is 168 cm³/mol. The Hall–Kier alpha value is -5.88. The summed E-state index contributed by atoms with van der Waals surface area (Å²) in [6.07, 6.45) is 0. The SMILES string of the molecule is O=c1c2ccccc2n2c(=O)c3ccccc3c(-c3ccccc3)c2n1-c1nc(-c2ccccc2)c2ccccc2n1. The lowest BCUT2D eigenvalue weighted by molar-refractivity contribution is 0.905. The van der Waals surface area contributed by atoms with E-state index in [0.29, 0.717) is 33.1 Å². The highest BCUT2D eigenvalue weighted by molar-refractivity contribution is 6.04. The highest BCUT2D eigenvalue weighted by Gasteiger charge is 2.23. The van der Waals surface area contributed by atoms with E-state index in [1.54, 1.807) is 16.5 Å². The third-order valence-electron chi connectivity index (χ3n) is 7.76. The van der Waals surface area contributed by atoms with Gasteiger partial charge in [0.15, 0.2) is 0 Å². The molecule has 0 spiro atoms. The van der Waals surface area contributed by atoms with Gasteiger partial charge in [-0.15, -0.1) is 0 Å². The molecule has 6 nitrogen and oxygen atoms in total. The molecular weight excluding hydrogens is 520 g/mol. The number of rotatable bonds is 3. The average molecular weight is 543 g/mol. The fraction of sp³-hybridized carbons (Fsp3) is 0. The second-order valence-corrected chi connectivity index (χ2v) is 10.2. The van der Waals surface area contributed by atoms with Gasteiger partial charge in [0.2, 0.25) is 5.95 Å². The smallest absolute Gasteiger partial charge is 0.268 e. The summed E-state index contributed by atoms with van der Waals surface area (Å²) in [5.74, 6) is 0.202. The topological polar surface area (TPSA) is 69.3 Å². The summed E-state index contributed by atoms with van der Waals surface area (Å²) in [7, 11) is 0. The number of fused-ring (bicyclic) bond motifs is 5. The van der Waals surface area contributed by atoms with Crippen LogP contribution in [0.5, 0.6) is 0 Å². The molecule has 0 aliphatic rings. The monoisotopic (exact) mass is 542 g/mol. The van der Waals surface area contributed by atoms with Gasteiger partial charge in [-0.3, -0.25) is 14.0 Å². The first-order valence-electron chi connectivity index (χ1n) is 13.7. The van der Waals surface area contributed by atoms with Crippen LogP contribution in [0.25, 0.3) is 66.6 Å². The summed E-state index contributed by atoms with van der Waals surface area (Å²) >= 11 is 0. The fourth-order valence-corrected chi connectivity index (χ4v) is 5.89. The van der Waals surface area contributed by atoms with Crippen LogP contribution >= 0.6 is 0 Å². The zero-order valence-electron chi connectivity index (χ0n) is 22.3. The Morgan fingerprint density at radius 1 is 0.476 bits per heavy atom. The van der Waals surface area contributed by atoms with Gasteiger partial charge in [-0.1, -0.05) is 109 Å². The third kappa shape index (κ3) is 3.52. The Kier molecular flexibility index (Phi) is 5.34. The molecular formula is C36H22N4O2. The van der Waals surface area contributed by atoms with Crippen LogP contribution in [0.4, 0.5) is 0 Å². The number of aromatic nitrogens is 4. The van der Waals surface area contributed by atoms with Crippen molar-refractivity contribution in [3.63, 3.8) is 0 Å². The van der Waals surface area contributed by atoms with Crippen LogP contribution in [0.2, 0.25) is 0 Å². The molecule has 5 aromatic carbocycles. The summed E-state index contributed by atoms with van der Waals surface area (Å²) in [6.45, 7) is 0. The van der Waals surface area contributed by atoms with Crippen LogP contribution in [0.15, 0.2) is 143 Å². The molecule has 3 aromatic heterocycles. The molecule has 0 aliphatic heterocycles. The lowest BCUT2D eigenvalue weighted by Crippen LogP contribution is -2.29. The quantitative estimate of drug-likeness (QED) is 0.177. The van der Waals surface area contributed by atoms with Crippen molar-refractivity contribution in [2.75, 3.05) is 0 Å². The molecule has 0 unspecified atom stereocenters. The van der Waals surface area contributed by atoms with E-state index in [0.717, 1.165) is 27.5 Å². The van der Waals surface area contributed by atoms with E-state index in [1.165, 1.54) is 4.57 Å². The van der Waals surface area contributed by atoms with Gasteiger partial charge in [0.25, 0.3) is 11.1 Å². The summed E-state index contributed by atoms with van der Waals surface area (Å²) in [5.41, 5.74) is 4.38. The van der Waals surface area contributed by atoms with Crippen LogP contribution in [-0.4, -0.2) is 18.9 Å². The van der Waals surface area contributed by atoms with E-state index < -0.39 is 0 Å². The van der Waals surface area contributed by atoms with E-state index in [-0.39, 0.29) is 17.1 Å². The molecule has 0 bridgehead atoms. The van der Waals surface area contributed by atoms with Crippen molar-refractivity contribution in [2.24, 2.45) is 0 Å². The maximum absolute atomic E-state index is 14.5. The zero-order chi connectivity index (χ0) is 28.2. The first-order chi connectivity index (χ1) is 20.7. The number of para-hydroxylation sites is 2. The number of pyridine rings is 1. The number of hydrogen-bond acceptors (Lipinski definition) is 4. The van der Waals surface area contributed by atoms with Gasteiger partial charge in [0, 0.05) is 21.9 Å². The van der Waals surface area contributed by atoms with Crippen LogP contribution in [-0.2, 0) is 0 Å². The second-order valence-electron chi connectivity index (χ2n) is 10.2. The lowest BCUT2D eigenvalue weighted by atomic mass is 9.99. The minimum Gasteiger partial charge on any atom is -0.268 e. The average Bonchev–Trinajstić information content (AvgIpc) is 3.05. The Morgan fingerprint density at radius 3 is 1.79 bits per heavy atom. The molecule has 0 radical (unpaired) electrons. The predicted octanol–water partition coefficient (Wildman–Crippen LogP) is 7.03. The standard InChI is InChI=1S/C36H22N4O2/c41-34-26-18-8-7-17-25(26)31(23-13-3-1-4-14-23)33-39(34)30-22-12-10-20-28(30)35(42)40(33)36-37-29-21-11-9-19-27(29)32(38-36)24-15-5-2-6-16-24/h1-22H. The molecule has 6 heteroatoms. The number of nitrogens with zero attached hydrogens (tertiary/aromatic N) is 4. The van der Waals surface area contributed by atoms with Crippen molar-refractivity contribution in [1.29, 1.82) is 0 Å². The van der Waals surface area contributed by atoms with Gasteiger partial charge in [0.05, 0.1) is 22.1 Å². The van der Waals surface area contributed by atoms with E-state index >= 15 is 0 Å². The lowest BCUT2D eigenvalue weighted by Gasteiger charge is -2.19. The minimum absolute atomic E-state index is 0.202. The molecule has 8 aromatic rings. The van der Waals surface area contributed by atoms with Crippen LogP contribution < -0.4 is 11.1 Å². The van der Waals surface area contributed by atoms with E-state index in [9.17, 15) is 9.59 Å². The minimum atomic E-state index is -0.299. The molecule has 0 amide bonds. The maximum Gasteiger partial charge on any atom is 0.268 e. The normalized spacial score (nSPS) is 11.5. The molecule has 42 heavy (non-hydrogen) atoms. The summed E-state index contributed by atoms with van der Waals surface area (Å²) in [6, 6.07) is 42.2. The van der Waals surface area contributed by atoms with Crippen molar-refractivity contribution in [3.05, 3.63) is 154 Å². The molecule has 0 saturated carbocycles. The van der Waals surface area contributed by atoms with E-state index in [4.69, 9.17) is 9.97 Å². The molecule has 198 valence electrons.